The van der Waals surface area contributed by atoms with Crippen molar-refractivity contribution >= 4 is 32.5 Å². The molecular weight excluding hydrogens is 440 g/mol. The number of anilines is 1. The van der Waals surface area contributed by atoms with E-state index in [1.165, 1.54) is 12.1 Å². The van der Waals surface area contributed by atoms with Gasteiger partial charge in [-0.1, -0.05) is 6.07 Å². The van der Waals surface area contributed by atoms with E-state index in [-0.39, 0.29) is 16.8 Å². The second-order valence-corrected chi connectivity index (χ2v) is 10.5. The number of pyridine rings is 1. The zero-order valence-corrected chi connectivity index (χ0v) is 20.2. The van der Waals surface area contributed by atoms with Gasteiger partial charge in [0.05, 0.1) is 27.7 Å². The maximum Gasteiger partial charge on any atom is 0.256 e. The number of carbonyl (C=O) groups excluding carboxylic acids is 1. The van der Waals surface area contributed by atoms with E-state index in [4.69, 9.17) is 9.40 Å². The molecular formula is C24H26N4O4S. The van der Waals surface area contributed by atoms with E-state index < -0.39 is 9.84 Å². The van der Waals surface area contributed by atoms with Crippen molar-refractivity contribution in [1.29, 1.82) is 0 Å². The third-order valence-electron chi connectivity index (χ3n) is 5.50. The Labute approximate surface area is 192 Å². The van der Waals surface area contributed by atoms with E-state index in [9.17, 15) is 13.2 Å². The summed E-state index contributed by atoms with van der Waals surface area (Å²) in [5.41, 5.74) is 3.57. The van der Waals surface area contributed by atoms with E-state index in [1.54, 1.807) is 23.0 Å². The summed E-state index contributed by atoms with van der Waals surface area (Å²) in [6, 6.07) is 8.33. The van der Waals surface area contributed by atoms with E-state index in [0.29, 0.717) is 33.7 Å². The Balaban J connectivity index is 1.86. The summed E-state index contributed by atoms with van der Waals surface area (Å²) in [5.74, 6) is 1.08. The van der Waals surface area contributed by atoms with Crippen LogP contribution in [-0.4, -0.2) is 35.3 Å². The molecule has 0 spiro atoms. The van der Waals surface area contributed by atoms with Crippen LogP contribution in [0.5, 0.6) is 0 Å². The van der Waals surface area contributed by atoms with Crippen molar-refractivity contribution in [3.63, 3.8) is 0 Å². The standard InChI is InChI=1S/C24H26N4O4S/c1-13(2)28-23-20(12-25-28)19(11-22(26-23)18-9-15(4)32-16(18)5)24(29)27-21-10-17(33(6,30)31)8-7-14(21)3/h7-13H,1-6H3,(H,27,29). The molecule has 0 aliphatic carbocycles. The van der Waals surface area contributed by atoms with Crippen LogP contribution >= 0.6 is 0 Å². The number of rotatable bonds is 5. The summed E-state index contributed by atoms with van der Waals surface area (Å²) in [6.07, 6.45) is 2.77. The highest BCUT2D eigenvalue weighted by atomic mass is 32.2. The lowest BCUT2D eigenvalue weighted by atomic mass is 10.1. The lowest BCUT2D eigenvalue weighted by Crippen LogP contribution is -2.15. The Kier molecular flexibility index (Phi) is 5.61. The van der Waals surface area contributed by atoms with Crippen molar-refractivity contribution < 1.29 is 17.6 Å². The minimum Gasteiger partial charge on any atom is -0.466 e. The van der Waals surface area contributed by atoms with Crippen molar-refractivity contribution in [3.8, 4) is 11.3 Å². The molecule has 0 saturated carbocycles. The number of nitrogens with one attached hydrogen (secondary N) is 1. The summed E-state index contributed by atoms with van der Waals surface area (Å²) < 4.78 is 31.4. The Bertz CT molecular complexity index is 1500. The van der Waals surface area contributed by atoms with Gasteiger partial charge in [-0.3, -0.25) is 4.79 Å². The van der Waals surface area contributed by atoms with Crippen molar-refractivity contribution in [3.05, 3.63) is 59.2 Å². The third kappa shape index (κ3) is 4.28. The zero-order valence-electron chi connectivity index (χ0n) is 19.4. The first-order valence-corrected chi connectivity index (χ1v) is 12.4. The van der Waals surface area contributed by atoms with Gasteiger partial charge in [0.15, 0.2) is 15.5 Å². The number of aromatic nitrogens is 3. The average molecular weight is 467 g/mol. The molecule has 3 aromatic heterocycles. The van der Waals surface area contributed by atoms with Crippen molar-refractivity contribution in [1.82, 2.24) is 14.8 Å². The Morgan fingerprint density at radius 1 is 1.12 bits per heavy atom. The molecule has 0 aliphatic rings. The summed E-state index contributed by atoms with van der Waals surface area (Å²) in [4.78, 5) is 18.4. The van der Waals surface area contributed by atoms with Crippen LogP contribution in [0.3, 0.4) is 0 Å². The van der Waals surface area contributed by atoms with Gasteiger partial charge in [-0.25, -0.2) is 18.1 Å². The highest BCUT2D eigenvalue weighted by molar-refractivity contribution is 7.90. The molecule has 0 radical (unpaired) electrons. The van der Waals surface area contributed by atoms with E-state index in [1.807, 2.05) is 40.7 Å². The smallest absolute Gasteiger partial charge is 0.256 e. The first kappa shape index (κ1) is 22.7. The van der Waals surface area contributed by atoms with Crippen LogP contribution < -0.4 is 5.32 Å². The van der Waals surface area contributed by atoms with Gasteiger partial charge in [-0.15, -0.1) is 0 Å². The summed E-state index contributed by atoms with van der Waals surface area (Å²) in [7, 11) is -3.41. The Morgan fingerprint density at radius 2 is 1.85 bits per heavy atom. The molecule has 1 aromatic carbocycles. The van der Waals surface area contributed by atoms with Crippen molar-refractivity contribution in [2.24, 2.45) is 0 Å². The number of hydrogen-bond acceptors (Lipinski definition) is 6. The van der Waals surface area contributed by atoms with Gasteiger partial charge in [0.2, 0.25) is 0 Å². The van der Waals surface area contributed by atoms with Gasteiger partial charge in [-0.05, 0) is 64.4 Å². The van der Waals surface area contributed by atoms with Crippen LogP contribution in [0, 0.1) is 20.8 Å². The van der Waals surface area contributed by atoms with Gasteiger partial charge in [-0.2, -0.15) is 5.10 Å². The fraction of sp³-hybridized carbons (Fsp3) is 0.292. The molecule has 1 amide bonds. The number of sulfone groups is 1. The van der Waals surface area contributed by atoms with Gasteiger partial charge >= 0.3 is 0 Å². The molecule has 0 bridgehead atoms. The predicted octanol–water partition coefficient (Wildman–Crippen LogP) is 4.85. The minimum atomic E-state index is -3.41. The molecule has 33 heavy (non-hydrogen) atoms. The van der Waals surface area contributed by atoms with Gasteiger partial charge in [0, 0.05) is 23.5 Å². The first-order chi connectivity index (χ1) is 15.5. The molecule has 172 valence electrons. The van der Waals surface area contributed by atoms with E-state index in [0.717, 1.165) is 23.1 Å². The second-order valence-electron chi connectivity index (χ2n) is 8.51. The zero-order chi connectivity index (χ0) is 24.1. The molecule has 0 atom stereocenters. The van der Waals surface area contributed by atoms with Gasteiger partial charge < -0.3 is 9.73 Å². The van der Waals surface area contributed by atoms with Crippen LogP contribution in [0.2, 0.25) is 0 Å². The SMILES string of the molecule is Cc1cc(-c2cc(C(=O)Nc3cc(S(C)(=O)=O)ccc3C)c3cnn(C(C)C)c3n2)c(C)o1. The van der Waals surface area contributed by atoms with Crippen molar-refractivity contribution in [2.45, 2.75) is 45.6 Å². The number of hydrogen-bond donors (Lipinski definition) is 1. The van der Waals surface area contributed by atoms with Crippen LogP contribution in [0.4, 0.5) is 5.69 Å². The number of benzene rings is 1. The second kappa shape index (κ2) is 8.15. The molecule has 1 N–H and O–H groups in total. The summed E-state index contributed by atoms with van der Waals surface area (Å²) in [5, 5.41) is 7.93. The Morgan fingerprint density at radius 3 is 2.45 bits per heavy atom. The number of furan rings is 1. The van der Waals surface area contributed by atoms with Crippen LogP contribution in [0.15, 0.2) is 45.8 Å². The number of amides is 1. The lowest BCUT2D eigenvalue weighted by Gasteiger charge is -2.13. The fourth-order valence-electron chi connectivity index (χ4n) is 3.76. The fourth-order valence-corrected chi connectivity index (χ4v) is 4.41. The monoisotopic (exact) mass is 466 g/mol. The summed E-state index contributed by atoms with van der Waals surface area (Å²) in [6.45, 7) is 9.51. The number of nitrogens with zero attached hydrogens (tertiary/aromatic N) is 3. The number of carbonyl (C=O) groups is 1. The maximum absolute atomic E-state index is 13.4. The maximum atomic E-state index is 13.4. The topological polar surface area (TPSA) is 107 Å². The molecule has 8 nitrogen and oxygen atoms in total. The Hall–Kier alpha value is -3.46. The van der Waals surface area contributed by atoms with E-state index in [2.05, 4.69) is 10.4 Å². The largest absolute Gasteiger partial charge is 0.466 e. The highest BCUT2D eigenvalue weighted by Crippen LogP contribution is 2.31. The molecule has 4 rings (SSSR count). The molecule has 0 fully saturated rings. The minimum absolute atomic E-state index is 0.0435. The van der Waals surface area contributed by atoms with Crippen LogP contribution in [-0.2, 0) is 9.84 Å². The molecule has 0 aliphatic heterocycles. The lowest BCUT2D eigenvalue weighted by molar-refractivity contribution is 0.102. The molecule has 9 heteroatoms. The average Bonchev–Trinajstić information content (AvgIpc) is 3.30. The highest BCUT2D eigenvalue weighted by Gasteiger charge is 2.21. The normalized spacial score (nSPS) is 12.0. The van der Waals surface area contributed by atoms with Crippen LogP contribution in [0.1, 0.15) is 47.3 Å². The quantitative estimate of drug-likeness (QED) is 0.450. The van der Waals surface area contributed by atoms with E-state index >= 15 is 0 Å². The molecule has 0 saturated heterocycles. The number of fused-ring (bicyclic) bond motifs is 1. The van der Waals surface area contributed by atoms with Gasteiger partial charge in [0.1, 0.15) is 11.5 Å². The third-order valence-corrected chi connectivity index (χ3v) is 6.61. The van der Waals surface area contributed by atoms with Crippen molar-refractivity contribution in [2.75, 3.05) is 11.6 Å². The van der Waals surface area contributed by atoms with Gasteiger partial charge in [0.25, 0.3) is 5.91 Å². The summed E-state index contributed by atoms with van der Waals surface area (Å²) >= 11 is 0. The first-order valence-electron chi connectivity index (χ1n) is 10.5. The molecule has 3 heterocycles. The predicted molar refractivity (Wildman–Crippen MR) is 127 cm³/mol. The molecule has 4 aromatic rings. The van der Waals surface area contributed by atoms with Crippen LogP contribution in [0.25, 0.3) is 22.3 Å². The molecule has 0 unspecified atom stereocenters. The number of aryl methyl sites for hydroxylation is 3.